The number of carbonyl (C=O) groups excluding carboxylic acids is 1. The molecule has 2 aliphatic rings. The molecule has 3 unspecified atom stereocenters. The van der Waals surface area contributed by atoms with Crippen LogP contribution in [0.2, 0.25) is 0 Å². The molecule has 27 heavy (non-hydrogen) atoms. The number of carbonyl (C=O) groups is 1. The first kappa shape index (κ1) is 19.7. The van der Waals surface area contributed by atoms with Gasteiger partial charge < -0.3 is 15.4 Å². The van der Waals surface area contributed by atoms with E-state index in [0.717, 1.165) is 29.0 Å². The van der Waals surface area contributed by atoms with Crippen molar-refractivity contribution in [2.24, 2.45) is 5.92 Å². The third kappa shape index (κ3) is 4.28. The largest absolute Gasteiger partial charge is 0.496 e. The molecule has 1 aliphatic carbocycles. The molecule has 0 radical (unpaired) electrons. The van der Waals surface area contributed by atoms with Gasteiger partial charge in [0.05, 0.1) is 13.2 Å². The van der Waals surface area contributed by atoms with Gasteiger partial charge in [0.15, 0.2) is 0 Å². The topological polar surface area (TPSA) is 50.4 Å². The van der Waals surface area contributed by atoms with Crippen LogP contribution in [-0.4, -0.2) is 25.1 Å². The number of hydrogen-bond donors (Lipinski definition) is 2. The number of rotatable bonds is 4. The van der Waals surface area contributed by atoms with Gasteiger partial charge in [0.25, 0.3) is 0 Å². The van der Waals surface area contributed by atoms with Crippen LogP contribution in [-0.2, 0) is 4.79 Å². The molecule has 4 nitrogen and oxygen atoms in total. The second-order valence-electron chi connectivity index (χ2n) is 7.38. The summed E-state index contributed by atoms with van der Waals surface area (Å²) >= 11 is 0. The Balaban J connectivity index is 0.00000210. The maximum atomic E-state index is 12.7. The summed E-state index contributed by atoms with van der Waals surface area (Å²) in [6.07, 6.45) is 6.01. The molecular formula is C22H27ClN2O2. The van der Waals surface area contributed by atoms with Gasteiger partial charge in [-0.15, -0.1) is 12.4 Å². The summed E-state index contributed by atoms with van der Waals surface area (Å²) in [5.74, 6) is 1.58. The predicted molar refractivity (Wildman–Crippen MR) is 112 cm³/mol. The molecule has 5 heteroatoms. The molecule has 0 bridgehead atoms. The molecule has 0 spiro atoms. The van der Waals surface area contributed by atoms with Crippen molar-refractivity contribution < 1.29 is 9.53 Å². The van der Waals surface area contributed by atoms with E-state index in [0.29, 0.717) is 12.0 Å². The van der Waals surface area contributed by atoms with Crippen LogP contribution in [0.4, 0.5) is 5.69 Å². The van der Waals surface area contributed by atoms with Crippen LogP contribution in [0.25, 0.3) is 11.1 Å². The summed E-state index contributed by atoms with van der Waals surface area (Å²) in [6.45, 7) is 0. The van der Waals surface area contributed by atoms with E-state index >= 15 is 0 Å². The number of nitrogens with one attached hydrogen (secondary N) is 2. The molecule has 2 aromatic carbocycles. The van der Waals surface area contributed by atoms with E-state index < -0.39 is 0 Å². The number of fused-ring (bicyclic) bond motifs is 1. The number of hydrogen-bond acceptors (Lipinski definition) is 3. The van der Waals surface area contributed by atoms with Crippen LogP contribution in [0.1, 0.15) is 32.1 Å². The lowest BCUT2D eigenvalue weighted by Crippen LogP contribution is -2.39. The fourth-order valence-corrected chi connectivity index (χ4v) is 4.40. The van der Waals surface area contributed by atoms with Gasteiger partial charge in [-0.05, 0) is 48.9 Å². The minimum Gasteiger partial charge on any atom is -0.496 e. The molecule has 0 aromatic heterocycles. The van der Waals surface area contributed by atoms with E-state index in [4.69, 9.17) is 4.74 Å². The molecule has 4 rings (SSSR count). The molecule has 1 saturated carbocycles. The minimum atomic E-state index is -0.0713. The Morgan fingerprint density at radius 3 is 2.74 bits per heavy atom. The molecule has 1 saturated heterocycles. The van der Waals surface area contributed by atoms with Gasteiger partial charge in [-0.1, -0.05) is 43.2 Å². The first-order valence-electron chi connectivity index (χ1n) is 9.55. The van der Waals surface area contributed by atoms with Crippen molar-refractivity contribution in [2.75, 3.05) is 12.4 Å². The third-order valence-electron chi connectivity index (χ3n) is 5.73. The highest BCUT2D eigenvalue weighted by Gasteiger charge is 2.38. The number of anilines is 1. The number of amides is 1. The van der Waals surface area contributed by atoms with Crippen molar-refractivity contribution >= 4 is 24.0 Å². The van der Waals surface area contributed by atoms with Crippen LogP contribution < -0.4 is 15.4 Å². The van der Waals surface area contributed by atoms with Gasteiger partial charge in [0.1, 0.15) is 5.75 Å². The lowest BCUT2D eigenvalue weighted by atomic mass is 9.85. The van der Waals surface area contributed by atoms with Crippen LogP contribution >= 0.6 is 12.4 Å². The molecule has 1 aliphatic heterocycles. The lowest BCUT2D eigenvalue weighted by molar-refractivity contribution is -0.117. The Morgan fingerprint density at radius 1 is 1.11 bits per heavy atom. The van der Waals surface area contributed by atoms with Gasteiger partial charge in [-0.2, -0.15) is 0 Å². The summed E-state index contributed by atoms with van der Waals surface area (Å²) in [5.41, 5.74) is 2.89. The van der Waals surface area contributed by atoms with Crippen molar-refractivity contribution in [3.05, 3.63) is 48.5 Å². The van der Waals surface area contributed by atoms with Crippen molar-refractivity contribution in [1.82, 2.24) is 5.32 Å². The van der Waals surface area contributed by atoms with Crippen LogP contribution in [0.3, 0.4) is 0 Å². The Labute approximate surface area is 167 Å². The molecule has 3 atom stereocenters. The first-order valence-corrected chi connectivity index (χ1v) is 9.55. The zero-order valence-electron chi connectivity index (χ0n) is 15.6. The molecule has 2 N–H and O–H groups in total. The fraction of sp³-hybridized carbons (Fsp3) is 0.409. The number of halogens is 1. The summed E-state index contributed by atoms with van der Waals surface area (Å²) in [4.78, 5) is 12.7. The van der Waals surface area contributed by atoms with E-state index in [1.165, 1.54) is 25.7 Å². The minimum absolute atomic E-state index is 0. The van der Waals surface area contributed by atoms with E-state index in [1.807, 2.05) is 48.5 Å². The van der Waals surface area contributed by atoms with E-state index in [1.54, 1.807) is 7.11 Å². The SMILES string of the molecule is COc1ccccc1-c1cccc(NC(=O)C2CC3CCCCC3N2)c1.Cl. The summed E-state index contributed by atoms with van der Waals surface area (Å²) in [5, 5.41) is 6.64. The second kappa shape index (κ2) is 8.77. The number of benzene rings is 2. The fourth-order valence-electron chi connectivity index (χ4n) is 4.40. The monoisotopic (exact) mass is 386 g/mol. The quantitative estimate of drug-likeness (QED) is 0.804. The van der Waals surface area contributed by atoms with Crippen molar-refractivity contribution in [2.45, 2.75) is 44.2 Å². The smallest absolute Gasteiger partial charge is 0.241 e. The lowest BCUT2D eigenvalue weighted by Gasteiger charge is -2.24. The molecule has 1 amide bonds. The summed E-state index contributed by atoms with van der Waals surface area (Å²) < 4.78 is 5.46. The molecule has 1 heterocycles. The highest BCUT2D eigenvalue weighted by molar-refractivity contribution is 5.95. The normalized spacial score (nSPS) is 23.8. The van der Waals surface area contributed by atoms with Crippen LogP contribution in [0.5, 0.6) is 5.75 Å². The Kier molecular flexibility index (Phi) is 6.40. The number of para-hydroxylation sites is 1. The second-order valence-corrected chi connectivity index (χ2v) is 7.38. The third-order valence-corrected chi connectivity index (χ3v) is 5.73. The Hall–Kier alpha value is -2.04. The molecular weight excluding hydrogens is 360 g/mol. The molecule has 2 aromatic rings. The van der Waals surface area contributed by atoms with Gasteiger partial charge in [0, 0.05) is 17.3 Å². The van der Waals surface area contributed by atoms with Crippen LogP contribution in [0.15, 0.2) is 48.5 Å². The number of methoxy groups -OCH3 is 1. The van der Waals surface area contributed by atoms with Gasteiger partial charge in [-0.25, -0.2) is 0 Å². The van der Waals surface area contributed by atoms with Crippen molar-refractivity contribution in [3.63, 3.8) is 0 Å². The molecule has 144 valence electrons. The Morgan fingerprint density at radius 2 is 1.93 bits per heavy atom. The highest BCUT2D eigenvalue weighted by atomic mass is 35.5. The van der Waals surface area contributed by atoms with E-state index in [9.17, 15) is 4.79 Å². The molecule has 2 fully saturated rings. The average molecular weight is 387 g/mol. The average Bonchev–Trinajstić information content (AvgIpc) is 3.12. The maximum absolute atomic E-state index is 12.7. The standard InChI is InChI=1S/C22H26N2O2.ClH/c1-26-21-12-5-3-10-18(21)15-8-6-9-17(13-15)23-22(25)20-14-16-7-2-4-11-19(16)24-20;/h3,5-6,8-10,12-13,16,19-20,24H,2,4,7,11,14H2,1H3,(H,23,25);1H. The van der Waals surface area contributed by atoms with Crippen LogP contribution in [0, 0.1) is 5.92 Å². The predicted octanol–water partition coefficient (Wildman–Crippen LogP) is 4.64. The maximum Gasteiger partial charge on any atom is 0.241 e. The van der Waals surface area contributed by atoms with Gasteiger partial charge in [0.2, 0.25) is 5.91 Å². The summed E-state index contributed by atoms with van der Waals surface area (Å²) in [7, 11) is 1.68. The number of ether oxygens (including phenoxy) is 1. The van der Waals surface area contributed by atoms with E-state index in [-0.39, 0.29) is 24.4 Å². The van der Waals surface area contributed by atoms with E-state index in [2.05, 4.69) is 10.6 Å². The summed E-state index contributed by atoms with van der Waals surface area (Å²) in [6, 6.07) is 16.4. The zero-order valence-corrected chi connectivity index (χ0v) is 16.4. The zero-order chi connectivity index (χ0) is 17.9. The highest BCUT2D eigenvalue weighted by Crippen LogP contribution is 2.34. The van der Waals surface area contributed by atoms with Gasteiger partial charge >= 0.3 is 0 Å². The first-order chi connectivity index (χ1) is 12.7. The Bertz CT molecular complexity index is 781. The van der Waals surface area contributed by atoms with Crippen molar-refractivity contribution in [1.29, 1.82) is 0 Å². The van der Waals surface area contributed by atoms with Crippen molar-refractivity contribution in [3.8, 4) is 16.9 Å². The van der Waals surface area contributed by atoms with Gasteiger partial charge in [-0.3, -0.25) is 4.79 Å².